The minimum absolute atomic E-state index is 0. The SMILES string of the molecule is CCCCCCCCCCCCCCCOC(=O)C(CC(=O)O)S(=O)(=O)O.[H-].[H-].[Na+].[Na+]. The number of aliphatic carboxylic acids is 1. The zero-order valence-electron chi connectivity index (χ0n) is 20.5. The molecule has 2 N–H and O–H groups in total. The Morgan fingerprint density at radius 1 is 0.828 bits per heavy atom. The van der Waals surface area contributed by atoms with E-state index < -0.39 is 33.7 Å². The maximum atomic E-state index is 11.6. The number of unbranched alkanes of at least 4 members (excludes halogenated alkanes) is 12. The number of hydrogen-bond acceptors (Lipinski definition) is 5. The van der Waals surface area contributed by atoms with E-state index in [9.17, 15) is 18.0 Å². The molecule has 10 heteroatoms. The molecular weight excluding hydrogens is 418 g/mol. The van der Waals surface area contributed by atoms with Crippen molar-refractivity contribution in [3.05, 3.63) is 0 Å². The molecule has 0 aliphatic heterocycles. The van der Waals surface area contributed by atoms with E-state index in [1.807, 2.05) is 0 Å². The van der Waals surface area contributed by atoms with E-state index in [1.54, 1.807) is 0 Å². The van der Waals surface area contributed by atoms with Crippen LogP contribution in [0, 0.1) is 0 Å². The smallest absolute Gasteiger partial charge is 1.00 e. The molecule has 0 aliphatic carbocycles. The first-order valence-corrected chi connectivity index (χ1v) is 11.6. The summed E-state index contributed by atoms with van der Waals surface area (Å²) in [5, 5.41) is 6.55. The van der Waals surface area contributed by atoms with Crippen molar-refractivity contribution in [1.29, 1.82) is 0 Å². The van der Waals surface area contributed by atoms with Crippen LogP contribution in [0.15, 0.2) is 0 Å². The zero-order valence-corrected chi connectivity index (χ0v) is 23.3. The molecule has 0 heterocycles. The Balaban J connectivity index is -0.000000563. The van der Waals surface area contributed by atoms with Gasteiger partial charge in [0, 0.05) is 0 Å². The van der Waals surface area contributed by atoms with Crippen molar-refractivity contribution in [3.8, 4) is 0 Å². The monoisotopic (exact) mass is 456 g/mol. The van der Waals surface area contributed by atoms with E-state index in [4.69, 9.17) is 14.4 Å². The zero-order chi connectivity index (χ0) is 20.5. The molecule has 164 valence electrons. The van der Waals surface area contributed by atoms with Gasteiger partial charge in [-0.1, -0.05) is 84.0 Å². The minimum Gasteiger partial charge on any atom is -1.00 e. The van der Waals surface area contributed by atoms with Gasteiger partial charge in [-0.2, -0.15) is 8.42 Å². The molecule has 0 saturated carbocycles. The summed E-state index contributed by atoms with van der Waals surface area (Å²) >= 11 is 0. The molecule has 0 fully saturated rings. The third-order valence-corrected chi connectivity index (χ3v) is 5.55. The van der Waals surface area contributed by atoms with E-state index >= 15 is 0 Å². The van der Waals surface area contributed by atoms with Crippen molar-refractivity contribution in [1.82, 2.24) is 0 Å². The van der Waals surface area contributed by atoms with Crippen LogP contribution < -0.4 is 59.1 Å². The van der Waals surface area contributed by atoms with Gasteiger partial charge in [0.25, 0.3) is 10.1 Å². The average Bonchev–Trinajstić information content (AvgIpc) is 2.58. The number of carbonyl (C=O) groups excluding carboxylic acids is 1. The van der Waals surface area contributed by atoms with E-state index in [0.29, 0.717) is 6.42 Å². The van der Waals surface area contributed by atoms with Crippen molar-refractivity contribution in [2.24, 2.45) is 0 Å². The van der Waals surface area contributed by atoms with E-state index in [2.05, 4.69) is 6.92 Å². The molecule has 0 aromatic rings. The fraction of sp³-hybridized carbons (Fsp3) is 0.895. The third kappa shape index (κ3) is 21.9. The summed E-state index contributed by atoms with van der Waals surface area (Å²) in [6, 6.07) is 0. The minimum atomic E-state index is -4.78. The summed E-state index contributed by atoms with van der Waals surface area (Å²) in [4.78, 5) is 22.2. The summed E-state index contributed by atoms with van der Waals surface area (Å²) in [5.41, 5.74) is 0. The molecule has 1 atom stereocenters. The van der Waals surface area contributed by atoms with Crippen LogP contribution in [0.4, 0.5) is 0 Å². The van der Waals surface area contributed by atoms with Gasteiger partial charge in [0.2, 0.25) is 0 Å². The molecular formula is C19H38Na2O7S. The van der Waals surface area contributed by atoms with Crippen molar-refractivity contribution in [2.45, 2.75) is 102 Å². The standard InChI is InChI=1S/C19H36O7S.2Na.2H/c1-2-3-4-5-6-7-8-9-10-11-12-13-14-15-26-19(22)17(16-18(20)21)27(23,24)25;;;;/h17H,2-16H2,1H3,(H,20,21)(H,23,24,25);;;;/q;2*+1;2*-1. The van der Waals surface area contributed by atoms with Gasteiger partial charge < -0.3 is 12.7 Å². The van der Waals surface area contributed by atoms with E-state index in [0.717, 1.165) is 19.3 Å². The van der Waals surface area contributed by atoms with Gasteiger partial charge in [-0.25, -0.2) is 0 Å². The van der Waals surface area contributed by atoms with Gasteiger partial charge >= 0.3 is 71.1 Å². The molecule has 29 heavy (non-hydrogen) atoms. The summed E-state index contributed by atoms with van der Waals surface area (Å²) in [5.74, 6) is -2.70. The molecule has 7 nitrogen and oxygen atoms in total. The fourth-order valence-electron chi connectivity index (χ4n) is 2.85. The second kappa shape index (κ2) is 22.1. The summed E-state index contributed by atoms with van der Waals surface area (Å²) in [6.45, 7) is 2.25. The number of esters is 1. The van der Waals surface area contributed by atoms with Gasteiger partial charge in [-0.3, -0.25) is 14.1 Å². The number of rotatable bonds is 18. The van der Waals surface area contributed by atoms with Crippen LogP contribution in [0.3, 0.4) is 0 Å². The van der Waals surface area contributed by atoms with Crippen LogP contribution in [0.1, 0.15) is 99.7 Å². The number of ether oxygens (including phenoxy) is 1. The Hall–Kier alpha value is 0.850. The molecule has 0 spiro atoms. The number of carboxylic acid groups (broad SMARTS) is 1. The molecule has 1 unspecified atom stereocenters. The van der Waals surface area contributed by atoms with Gasteiger partial charge in [-0.05, 0) is 6.42 Å². The van der Waals surface area contributed by atoms with Crippen LogP contribution in [-0.2, 0) is 24.4 Å². The maximum absolute atomic E-state index is 11.6. The van der Waals surface area contributed by atoms with Gasteiger partial charge in [0.05, 0.1) is 13.0 Å². The predicted molar refractivity (Wildman–Crippen MR) is 106 cm³/mol. The topological polar surface area (TPSA) is 118 Å². The fourth-order valence-corrected chi connectivity index (χ4v) is 3.52. The largest absolute Gasteiger partial charge is 1.00 e. The van der Waals surface area contributed by atoms with E-state index in [1.165, 1.54) is 57.8 Å². The second-order valence-corrected chi connectivity index (χ2v) is 8.61. The molecule has 0 saturated heterocycles. The van der Waals surface area contributed by atoms with Crippen molar-refractivity contribution < 1.29 is 94.4 Å². The first kappa shape index (κ1) is 34.5. The molecule has 0 bridgehead atoms. The number of carbonyl (C=O) groups is 2. The Morgan fingerprint density at radius 2 is 1.21 bits per heavy atom. The maximum Gasteiger partial charge on any atom is 1.00 e. The van der Waals surface area contributed by atoms with E-state index in [-0.39, 0.29) is 68.6 Å². The molecule has 0 rings (SSSR count). The molecule has 0 amide bonds. The predicted octanol–water partition coefficient (Wildman–Crippen LogP) is -1.42. The molecule has 0 aromatic heterocycles. The normalized spacial score (nSPS) is 11.8. The van der Waals surface area contributed by atoms with Crippen LogP contribution in [-0.4, -0.2) is 41.9 Å². The van der Waals surface area contributed by atoms with Crippen molar-refractivity contribution >= 4 is 22.1 Å². The Morgan fingerprint density at radius 3 is 1.55 bits per heavy atom. The first-order chi connectivity index (χ1) is 12.8. The first-order valence-electron chi connectivity index (χ1n) is 10.1. The van der Waals surface area contributed by atoms with Gasteiger partial charge in [-0.15, -0.1) is 0 Å². The van der Waals surface area contributed by atoms with Crippen LogP contribution >= 0.6 is 0 Å². The van der Waals surface area contributed by atoms with Gasteiger partial charge in [0.1, 0.15) is 0 Å². The average molecular weight is 457 g/mol. The number of carboxylic acids is 1. The van der Waals surface area contributed by atoms with Crippen molar-refractivity contribution in [2.75, 3.05) is 6.61 Å². The Bertz CT molecular complexity index is 523. The second-order valence-electron chi connectivity index (χ2n) is 7.01. The van der Waals surface area contributed by atoms with Crippen LogP contribution in [0.25, 0.3) is 0 Å². The summed E-state index contributed by atoms with van der Waals surface area (Å²) < 4.78 is 35.8. The molecule has 0 aromatic carbocycles. The Labute approximate surface area is 223 Å². The summed E-state index contributed by atoms with van der Waals surface area (Å²) in [6.07, 6.45) is 14.3. The van der Waals surface area contributed by atoms with Gasteiger partial charge in [0.15, 0.2) is 5.25 Å². The Kier molecular flexibility index (Phi) is 26.2. The quantitative estimate of drug-likeness (QED) is 0.113. The molecule has 0 radical (unpaired) electrons. The third-order valence-electron chi connectivity index (χ3n) is 4.47. The van der Waals surface area contributed by atoms with Crippen LogP contribution in [0.2, 0.25) is 0 Å². The summed E-state index contributed by atoms with van der Waals surface area (Å²) in [7, 11) is -4.78. The number of hydrogen-bond donors (Lipinski definition) is 2. The molecule has 0 aliphatic rings. The van der Waals surface area contributed by atoms with Crippen molar-refractivity contribution in [3.63, 3.8) is 0 Å². The van der Waals surface area contributed by atoms with Crippen LogP contribution in [0.5, 0.6) is 0 Å².